The van der Waals surface area contributed by atoms with Gasteiger partial charge in [0.25, 0.3) is 0 Å². The minimum atomic E-state index is 0.583. The Kier molecular flexibility index (Phi) is 4.76. The van der Waals surface area contributed by atoms with Gasteiger partial charge < -0.3 is 10.6 Å². The number of rotatable bonds is 4. The Hall–Kier alpha value is -1.59. The first-order chi connectivity index (χ1) is 9.17. The maximum atomic E-state index is 5.85. The van der Waals surface area contributed by atoms with Gasteiger partial charge in [-0.1, -0.05) is 23.7 Å². The van der Waals surface area contributed by atoms with Crippen LogP contribution in [0.1, 0.15) is 12.5 Å². The molecule has 6 heteroatoms. The summed E-state index contributed by atoms with van der Waals surface area (Å²) in [5, 5.41) is 11.8. The van der Waals surface area contributed by atoms with Crippen molar-refractivity contribution >= 4 is 34.7 Å². The van der Waals surface area contributed by atoms with Crippen molar-refractivity contribution in [3.05, 3.63) is 47.1 Å². The van der Waals surface area contributed by atoms with Gasteiger partial charge in [0.1, 0.15) is 0 Å². The molecular weight excluding hydrogens is 280 g/mol. The third kappa shape index (κ3) is 4.22. The predicted octanol–water partition coefficient (Wildman–Crippen LogP) is 2.89. The van der Waals surface area contributed by atoms with E-state index in [1.54, 1.807) is 0 Å². The van der Waals surface area contributed by atoms with Crippen molar-refractivity contribution < 1.29 is 0 Å². The highest BCUT2D eigenvalue weighted by Crippen LogP contribution is 2.11. The van der Waals surface area contributed by atoms with Crippen molar-refractivity contribution in [3.63, 3.8) is 0 Å². The van der Waals surface area contributed by atoms with Gasteiger partial charge in [0, 0.05) is 23.8 Å². The highest BCUT2D eigenvalue weighted by Gasteiger charge is 2.01. The average Bonchev–Trinajstić information content (AvgIpc) is 2.80. The van der Waals surface area contributed by atoms with Gasteiger partial charge in [0.15, 0.2) is 10.9 Å². The van der Waals surface area contributed by atoms with Gasteiger partial charge in [0.2, 0.25) is 0 Å². The van der Waals surface area contributed by atoms with E-state index in [9.17, 15) is 0 Å². The van der Waals surface area contributed by atoms with Crippen LogP contribution < -0.4 is 10.6 Å². The Bertz CT molecular complexity index is 550. The third-order valence-electron chi connectivity index (χ3n) is 2.48. The summed E-state index contributed by atoms with van der Waals surface area (Å²) in [5.41, 5.74) is 1.15. The summed E-state index contributed by atoms with van der Waals surface area (Å²) in [6, 6.07) is 9.61. The van der Waals surface area contributed by atoms with Crippen molar-refractivity contribution in [1.82, 2.24) is 15.1 Å². The van der Waals surface area contributed by atoms with Crippen LogP contribution in [0.4, 0.5) is 5.82 Å². The number of thiocarbonyl (C=S) groups is 1. The molecule has 0 amide bonds. The van der Waals surface area contributed by atoms with E-state index in [0.717, 1.165) is 22.9 Å². The molecule has 0 aliphatic carbocycles. The Balaban J connectivity index is 1.97. The van der Waals surface area contributed by atoms with Crippen molar-refractivity contribution in [2.24, 2.45) is 0 Å². The van der Waals surface area contributed by atoms with Gasteiger partial charge in [-0.25, -0.2) is 0 Å². The van der Waals surface area contributed by atoms with Crippen LogP contribution in [0.25, 0.3) is 0 Å². The molecule has 1 aromatic carbocycles. The number of aromatic nitrogens is 2. The van der Waals surface area contributed by atoms with Crippen molar-refractivity contribution in [2.75, 3.05) is 11.9 Å². The first kappa shape index (κ1) is 13.8. The second-order valence-corrected chi connectivity index (χ2v) is 4.85. The molecule has 1 aromatic heterocycles. The average molecular weight is 295 g/mol. The normalized spacial score (nSPS) is 10.2. The number of nitrogens with zero attached hydrogens (tertiary/aromatic N) is 2. The highest BCUT2D eigenvalue weighted by molar-refractivity contribution is 7.80. The van der Waals surface area contributed by atoms with E-state index in [1.165, 1.54) is 0 Å². The number of benzene rings is 1. The largest absolute Gasteiger partial charge is 0.363 e. The topological polar surface area (TPSA) is 41.9 Å². The SMILES string of the molecule is CCNC(=S)Nc1ccn(Cc2ccc(Cl)cc2)n1. The van der Waals surface area contributed by atoms with E-state index < -0.39 is 0 Å². The van der Waals surface area contributed by atoms with Gasteiger partial charge in [-0.05, 0) is 36.8 Å². The first-order valence-corrected chi connectivity index (χ1v) is 6.78. The maximum absolute atomic E-state index is 5.85. The number of nitrogens with one attached hydrogen (secondary N) is 2. The number of hydrogen-bond acceptors (Lipinski definition) is 2. The molecule has 0 fully saturated rings. The lowest BCUT2D eigenvalue weighted by molar-refractivity contribution is 0.690. The van der Waals surface area contributed by atoms with Crippen LogP contribution in [-0.2, 0) is 6.54 Å². The van der Waals surface area contributed by atoms with Gasteiger partial charge in [-0.15, -0.1) is 0 Å². The first-order valence-electron chi connectivity index (χ1n) is 6.00. The number of anilines is 1. The molecule has 2 rings (SSSR count). The van der Waals surface area contributed by atoms with Gasteiger partial charge in [0.05, 0.1) is 6.54 Å². The Morgan fingerprint density at radius 3 is 2.74 bits per heavy atom. The van der Waals surface area contributed by atoms with Crippen molar-refractivity contribution in [2.45, 2.75) is 13.5 Å². The molecule has 4 nitrogen and oxygen atoms in total. The minimum absolute atomic E-state index is 0.583. The van der Waals surface area contributed by atoms with Gasteiger partial charge >= 0.3 is 0 Å². The molecule has 0 radical (unpaired) electrons. The Labute approximate surface area is 122 Å². The Morgan fingerprint density at radius 1 is 1.32 bits per heavy atom. The van der Waals surface area contributed by atoms with Crippen molar-refractivity contribution in [3.8, 4) is 0 Å². The number of hydrogen-bond donors (Lipinski definition) is 2. The zero-order valence-corrected chi connectivity index (χ0v) is 12.1. The van der Waals surface area contributed by atoms with E-state index in [-0.39, 0.29) is 0 Å². The third-order valence-corrected chi connectivity index (χ3v) is 2.98. The molecule has 0 spiro atoms. The summed E-state index contributed by atoms with van der Waals surface area (Å²) < 4.78 is 1.85. The lowest BCUT2D eigenvalue weighted by Gasteiger charge is -2.05. The zero-order valence-electron chi connectivity index (χ0n) is 10.6. The molecule has 19 heavy (non-hydrogen) atoms. The van der Waals surface area contributed by atoms with Crippen molar-refractivity contribution in [1.29, 1.82) is 0 Å². The van der Waals surface area contributed by atoms with Crippen LogP contribution in [0.2, 0.25) is 5.02 Å². The monoisotopic (exact) mass is 294 g/mol. The van der Waals surface area contributed by atoms with E-state index in [2.05, 4.69) is 15.7 Å². The lowest BCUT2D eigenvalue weighted by Crippen LogP contribution is -2.28. The lowest BCUT2D eigenvalue weighted by atomic mass is 10.2. The van der Waals surface area contributed by atoms with E-state index in [1.807, 2.05) is 48.1 Å². The van der Waals surface area contributed by atoms with E-state index in [4.69, 9.17) is 23.8 Å². The zero-order chi connectivity index (χ0) is 13.7. The minimum Gasteiger partial charge on any atom is -0.363 e. The van der Waals surface area contributed by atoms with E-state index >= 15 is 0 Å². The second-order valence-electron chi connectivity index (χ2n) is 4.01. The molecule has 0 bridgehead atoms. The molecule has 0 aliphatic heterocycles. The molecule has 0 unspecified atom stereocenters. The molecular formula is C13H15ClN4S. The molecule has 0 atom stereocenters. The molecule has 0 saturated carbocycles. The fourth-order valence-corrected chi connectivity index (χ4v) is 1.99. The van der Waals surface area contributed by atoms with Crippen LogP contribution in [-0.4, -0.2) is 21.4 Å². The van der Waals surface area contributed by atoms with Crippen LogP contribution in [0.3, 0.4) is 0 Å². The second kappa shape index (κ2) is 6.54. The van der Waals surface area contributed by atoms with Gasteiger partial charge in [-0.3, -0.25) is 4.68 Å². The summed E-state index contributed by atoms with van der Waals surface area (Å²) in [5.74, 6) is 0.736. The summed E-state index contributed by atoms with van der Waals surface area (Å²) in [4.78, 5) is 0. The van der Waals surface area contributed by atoms with Crippen LogP contribution in [0.5, 0.6) is 0 Å². The summed E-state index contributed by atoms with van der Waals surface area (Å²) in [6.07, 6.45) is 1.91. The summed E-state index contributed by atoms with van der Waals surface area (Å²) >= 11 is 11.0. The fraction of sp³-hybridized carbons (Fsp3) is 0.231. The van der Waals surface area contributed by atoms with Crippen LogP contribution in [0.15, 0.2) is 36.5 Å². The van der Waals surface area contributed by atoms with Crippen LogP contribution in [0, 0.1) is 0 Å². The van der Waals surface area contributed by atoms with Crippen LogP contribution >= 0.6 is 23.8 Å². The summed E-state index contributed by atoms with van der Waals surface area (Å²) in [6.45, 7) is 3.48. The standard InChI is InChI=1S/C13H15ClN4S/c1-2-15-13(19)16-12-7-8-18(17-12)9-10-3-5-11(14)6-4-10/h3-8H,2,9H2,1H3,(H2,15,16,17,19). The quantitative estimate of drug-likeness (QED) is 0.851. The molecule has 0 saturated heterocycles. The van der Waals surface area contributed by atoms with Gasteiger partial charge in [-0.2, -0.15) is 5.10 Å². The predicted molar refractivity (Wildman–Crippen MR) is 82.7 cm³/mol. The fourth-order valence-electron chi connectivity index (χ4n) is 1.61. The molecule has 1 heterocycles. The molecule has 100 valence electrons. The molecule has 2 aromatic rings. The smallest absolute Gasteiger partial charge is 0.171 e. The van der Waals surface area contributed by atoms with E-state index in [0.29, 0.717) is 11.7 Å². The molecule has 0 aliphatic rings. The highest BCUT2D eigenvalue weighted by atomic mass is 35.5. The summed E-state index contributed by atoms with van der Waals surface area (Å²) in [7, 11) is 0. The number of halogens is 1. The molecule has 2 N–H and O–H groups in total. The Morgan fingerprint density at radius 2 is 2.05 bits per heavy atom. The maximum Gasteiger partial charge on any atom is 0.171 e.